The van der Waals surface area contributed by atoms with Gasteiger partial charge in [0, 0.05) is 13.0 Å². The van der Waals surface area contributed by atoms with Crippen molar-refractivity contribution in [1.29, 1.82) is 0 Å². The van der Waals surface area contributed by atoms with E-state index >= 15 is 0 Å². The highest BCUT2D eigenvalue weighted by atomic mass is 16.5. The smallest absolute Gasteiger partial charge is 0.145 e. The zero-order chi connectivity index (χ0) is 12.0. The van der Waals surface area contributed by atoms with Gasteiger partial charge in [-0.25, -0.2) is 0 Å². The Bertz CT molecular complexity index is 239. The van der Waals surface area contributed by atoms with Crippen LogP contribution in [0.1, 0.15) is 46.0 Å². The second-order valence-electron chi connectivity index (χ2n) is 4.99. The van der Waals surface area contributed by atoms with E-state index in [1.807, 2.05) is 13.0 Å². The minimum Gasteiger partial charge on any atom is -0.381 e. The lowest BCUT2D eigenvalue weighted by Crippen LogP contribution is -2.30. The number of hydrogen-bond donors (Lipinski definition) is 0. The molecule has 0 bridgehead atoms. The van der Waals surface area contributed by atoms with Crippen LogP contribution in [0.15, 0.2) is 11.6 Å². The molecule has 92 valence electrons. The molecular weight excluding hydrogens is 200 g/mol. The Labute approximate surface area is 99.1 Å². The first-order chi connectivity index (χ1) is 7.69. The third-order valence-electron chi connectivity index (χ3n) is 3.62. The van der Waals surface area contributed by atoms with Crippen LogP contribution in [0, 0.1) is 11.8 Å². The number of allylic oxidation sites excluding steroid dienone is 1. The van der Waals surface area contributed by atoms with E-state index in [9.17, 15) is 4.79 Å². The molecule has 1 aliphatic rings. The van der Waals surface area contributed by atoms with Crippen LogP contribution in [0.4, 0.5) is 0 Å². The molecule has 2 nitrogen and oxygen atoms in total. The van der Waals surface area contributed by atoms with Gasteiger partial charge in [0.25, 0.3) is 0 Å². The van der Waals surface area contributed by atoms with Crippen molar-refractivity contribution in [2.24, 2.45) is 11.8 Å². The number of ether oxygens (including phenoxy) is 1. The monoisotopic (exact) mass is 224 g/mol. The SMILES string of the molecule is COC(C(C)/C=C(\C)C=O)C1CCCCC1. The fourth-order valence-corrected chi connectivity index (χ4v) is 2.85. The van der Waals surface area contributed by atoms with Crippen LogP contribution in [0.2, 0.25) is 0 Å². The molecule has 1 saturated carbocycles. The highest BCUT2D eigenvalue weighted by Crippen LogP contribution is 2.31. The quantitative estimate of drug-likeness (QED) is 0.528. The summed E-state index contributed by atoms with van der Waals surface area (Å²) in [4.78, 5) is 10.6. The summed E-state index contributed by atoms with van der Waals surface area (Å²) in [6.45, 7) is 4.01. The minimum absolute atomic E-state index is 0.273. The summed E-state index contributed by atoms with van der Waals surface area (Å²) in [6.07, 6.45) is 9.80. The molecule has 0 saturated heterocycles. The molecule has 0 aliphatic heterocycles. The van der Waals surface area contributed by atoms with Gasteiger partial charge in [-0.2, -0.15) is 0 Å². The molecule has 0 amide bonds. The molecule has 16 heavy (non-hydrogen) atoms. The summed E-state index contributed by atoms with van der Waals surface area (Å²) in [7, 11) is 1.79. The van der Waals surface area contributed by atoms with Crippen molar-refractivity contribution in [3.05, 3.63) is 11.6 Å². The third kappa shape index (κ3) is 3.75. The van der Waals surface area contributed by atoms with E-state index in [2.05, 4.69) is 6.92 Å². The molecule has 1 aliphatic carbocycles. The number of methoxy groups -OCH3 is 1. The Morgan fingerprint density at radius 3 is 2.44 bits per heavy atom. The maximum atomic E-state index is 10.6. The van der Waals surface area contributed by atoms with Crippen molar-refractivity contribution >= 4 is 6.29 Å². The molecule has 0 spiro atoms. The van der Waals surface area contributed by atoms with Crippen molar-refractivity contribution in [3.8, 4) is 0 Å². The summed E-state index contributed by atoms with van der Waals surface area (Å²) < 4.78 is 5.64. The van der Waals surface area contributed by atoms with E-state index in [1.54, 1.807) is 7.11 Å². The first kappa shape index (κ1) is 13.4. The van der Waals surface area contributed by atoms with Crippen LogP contribution < -0.4 is 0 Å². The molecule has 0 aromatic carbocycles. The normalized spacial score (nSPS) is 22.8. The van der Waals surface area contributed by atoms with Crippen molar-refractivity contribution in [1.82, 2.24) is 0 Å². The van der Waals surface area contributed by atoms with E-state index in [0.29, 0.717) is 11.8 Å². The van der Waals surface area contributed by atoms with Gasteiger partial charge >= 0.3 is 0 Å². The van der Waals surface area contributed by atoms with E-state index < -0.39 is 0 Å². The number of hydrogen-bond acceptors (Lipinski definition) is 2. The second-order valence-corrected chi connectivity index (χ2v) is 4.99. The van der Waals surface area contributed by atoms with E-state index in [4.69, 9.17) is 4.74 Å². The van der Waals surface area contributed by atoms with Gasteiger partial charge < -0.3 is 4.74 Å². The molecule has 0 aromatic rings. The number of aldehydes is 1. The lowest BCUT2D eigenvalue weighted by Gasteiger charge is -2.32. The van der Waals surface area contributed by atoms with Crippen LogP contribution in [0.25, 0.3) is 0 Å². The summed E-state index contributed by atoms with van der Waals surface area (Å²) in [5.41, 5.74) is 0.811. The Kier molecular flexibility index (Phi) is 5.75. The first-order valence-corrected chi connectivity index (χ1v) is 6.35. The Morgan fingerprint density at radius 2 is 1.94 bits per heavy atom. The Morgan fingerprint density at radius 1 is 1.31 bits per heavy atom. The van der Waals surface area contributed by atoms with Gasteiger partial charge in [0.05, 0.1) is 6.10 Å². The molecule has 0 N–H and O–H groups in total. The van der Waals surface area contributed by atoms with Crippen molar-refractivity contribution in [2.75, 3.05) is 7.11 Å². The second kappa shape index (κ2) is 6.85. The maximum Gasteiger partial charge on any atom is 0.145 e. The zero-order valence-corrected chi connectivity index (χ0v) is 10.7. The third-order valence-corrected chi connectivity index (χ3v) is 3.62. The van der Waals surface area contributed by atoms with Gasteiger partial charge in [0.1, 0.15) is 6.29 Å². The average molecular weight is 224 g/mol. The molecule has 0 radical (unpaired) electrons. The summed E-state index contributed by atoms with van der Waals surface area (Å²) >= 11 is 0. The topological polar surface area (TPSA) is 26.3 Å². The zero-order valence-electron chi connectivity index (χ0n) is 10.7. The molecule has 1 fully saturated rings. The van der Waals surface area contributed by atoms with Gasteiger partial charge in [-0.1, -0.05) is 32.3 Å². The minimum atomic E-state index is 0.273. The van der Waals surface area contributed by atoms with Crippen molar-refractivity contribution < 1.29 is 9.53 Å². The van der Waals surface area contributed by atoms with Gasteiger partial charge in [0.2, 0.25) is 0 Å². The van der Waals surface area contributed by atoms with Gasteiger partial charge in [0.15, 0.2) is 0 Å². The van der Waals surface area contributed by atoms with Crippen LogP contribution in [-0.4, -0.2) is 19.5 Å². The molecule has 1 rings (SSSR count). The number of carbonyl (C=O) groups excluding carboxylic acids is 1. The van der Waals surface area contributed by atoms with Crippen molar-refractivity contribution in [2.45, 2.75) is 52.1 Å². The predicted octanol–water partition coefficient (Wildman–Crippen LogP) is 3.36. The van der Waals surface area contributed by atoms with Crippen LogP contribution in [0.5, 0.6) is 0 Å². The number of carbonyl (C=O) groups is 1. The van der Waals surface area contributed by atoms with Gasteiger partial charge in [-0.15, -0.1) is 0 Å². The summed E-state index contributed by atoms with van der Waals surface area (Å²) in [6, 6.07) is 0. The van der Waals surface area contributed by atoms with E-state index in [-0.39, 0.29) is 6.10 Å². The van der Waals surface area contributed by atoms with Crippen molar-refractivity contribution in [3.63, 3.8) is 0 Å². The van der Waals surface area contributed by atoms with Crippen LogP contribution >= 0.6 is 0 Å². The summed E-state index contributed by atoms with van der Waals surface area (Å²) in [5, 5.41) is 0. The average Bonchev–Trinajstić information content (AvgIpc) is 2.31. The summed E-state index contributed by atoms with van der Waals surface area (Å²) in [5.74, 6) is 1.00. The van der Waals surface area contributed by atoms with Crippen LogP contribution in [0.3, 0.4) is 0 Å². The molecule has 2 unspecified atom stereocenters. The molecule has 2 atom stereocenters. The van der Waals surface area contributed by atoms with Crippen LogP contribution in [-0.2, 0) is 9.53 Å². The largest absolute Gasteiger partial charge is 0.381 e. The number of rotatable bonds is 5. The highest BCUT2D eigenvalue weighted by Gasteiger charge is 2.26. The molecule has 0 heterocycles. The molecule has 0 aromatic heterocycles. The van der Waals surface area contributed by atoms with Gasteiger partial charge in [-0.05, 0) is 31.3 Å². The fourth-order valence-electron chi connectivity index (χ4n) is 2.85. The Balaban J connectivity index is 2.61. The van der Waals surface area contributed by atoms with E-state index in [0.717, 1.165) is 11.9 Å². The standard InChI is InChI=1S/C14H24O2/c1-11(10-15)9-12(2)14(16-3)13-7-5-4-6-8-13/h9-10,12-14H,4-8H2,1-3H3/b11-9+. The lowest BCUT2D eigenvalue weighted by atomic mass is 9.80. The van der Waals surface area contributed by atoms with Gasteiger partial charge in [-0.3, -0.25) is 4.79 Å². The first-order valence-electron chi connectivity index (χ1n) is 6.35. The Hall–Kier alpha value is -0.630. The highest BCUT2D eigenvalue weighted by molar-refractivity contribution is 5.72. The predicted molar refractivity (Wildman–Crippen MR) is 66.4 cm³/mol. The maximum absolute atomic E-state index is 10.6. The van der Waals surface area contributed by atoms with E-state index in [1.165, 1.54) is 32.1 Å². The lowest BCUT2D eigenvalue weighted by molar-refractivity contribution is -0.104. The molecular formula is C14H24O2. The fraction of sp³-hybridized carbons (Fsp3) is 0.786. The molecule has 2 heteroatoms.